The smallest absolute Gasteiger partial charge is 0.244 e. The van der Waals surface area contributed by atoms with Crippen LogP contribution in [0.3, 0.4) is 0 Å². The van der Waals surface area contributed by atoms with Gasteiger partial charge in [0, 0.05) is 17.6 Å². The van der Waals surface area contributed by atoms with Gasteiger partial charge in [-0.1, -0.05) is 49.6 Å². The molecule has 0 heterocycles. The van der Waals surface area contributed by atoms with Crippen molar-refractivity contribution in [1.82, 2.24) is 10.2 Å². The number of anilines is 1. The van der Waals surface area contributed by atoms with Gasteiger partial charge in [-0.15, -0.1) is 0 Å². The quantitative estimate of drug-likeness (QED) is 0.486. The van der Waals surface area contributed by atoms with Crippen molar-refractivity contribution in [2.75, 3.05) is 17.1 Å². The van der Waals surface area contributed by atoms with Crippen molar-refractivity contribution in [1.29, 1.82) is 0 Å². The molecule has 0 bridgehead atoms. The third-order valence-electron chi connectivity index (χ3n) is 6.48. The number of nitrogens with zero attached hydrogens (tertiary/aromatic N) is 2. The number of amides is 2. The molecule has 1 aliphatic carbocycles. The Morgan fingerprint density at radius 3 is 2.33 bits per heavy atom. The zero-order valence-electron chi connectivity index (χ0n) is 20.8. The maximum Gasteiger partial charge on any atom is 0.244 e. The number of nitrogens with one attached hydrogen (secondary N) is 1. The Morgan fingerprint density at radius 2 is 1.78 bits per heavy atom. The van der Waals surface area contributed by atoms with Gasteiger partial charge in [0.15, 0.2) is 0 Å². The van der Waals surface area contributed by atoms with E-state index in [2.05, 4.69) is 5.32 Å². The van der Waals surface area contributed by atoms with Crippen molar-refractivity contribution in [2.45, 2.75) is 64.6 Å². The standard InChI is InChI=1S/C26H33ClFN3O4S/c1-4-24(26(33)29-21-7-5-6-8-21)30(16-19-10-12-20(28)13-11-19)25(32)17-31(36(3,34)35)22-14-9-18(2)23(27)15-22/h9-15,21,24H,4-8,16-17H2,1-3H3,(H,29,33)/t24-/m1/s1. The molecule has 3 rings (SSSR count). The number of carbonyl (C=O) groups excluding carboxylic acids is 2. The maximum absolute atomic E-state index is 13.7. The van der Waals surface area contributed by atoms with Crippen LogP contribution in [0.15, 0.2) is 42.5 Å². The molecule has 36 heavy (non-hydrogen) atoms. The molecule has 0 radical (unpaired) electrons. The van der Waals surface area contributed by atoms with Crippen LogP contribution in [0.2, 0.25) is 5.02 Å². The summed E-state index contributed by atoms with van der Waals surface area (Å²) in [6.07, 6.45) is 5.22. The van der Waals surface area contributed by atoms with E-state index in [1.54, 1.807) is 38.1 Å². The van der Waals surface area contributed by atoms with Crippen LogP contribution >= 0.6 is 11.6 Å². The first-order chi connectivity index (χ1) is 17.0. The molecular formula is C26H33ClFN3O4S. The van der Waals surface area contributed by atoms with E-state index in [-0.39, 0.29) is 24.2 Å². The third kappa shape index (κ3) is 7.20. The number of carbonyl (C=O) groups is 2. The minimum atomic E-state index is -3.85. The average Bonchev–Trinajstić information content (AvgIpc) is 3.32. The van der Waals surface area contributed by atoms with Crippen LogP contribution in [0.5, 0.6) is 0 Å². The highest BCUT2D eigenvalue weighted by molar-refractivity contribution is 7.92. The Morgan fingerprint density at radius 1 is 1.14 bits per heavy atom. The highest BCUT2D eigenvalue weighted by Gasteiger charge is 2.33. The van der Waals surface area contributed by atoms with Gasteiger partial charge in [0.1, 0.15) is 18.4 Å². The SMILES string of the molecule is CC[C@H](C(=O)NC1CCCC1)N(Cc1ccc(F)cc1)C(=O)CN(c1ccc(C)c(Cl)c1)S(C)(=O)=O. The largest absolute Gasteiger partial charge is 0.352 e. The van der Waals surface area contributed by atoms with Crippen LogP contribution in [0, 0.1) is 12.7 Å². The summed E-state index contributed by atoms with van der Waals surface area (Å²) in [6, 6.07) is 9.69. The predicted octanol–water partition coefficient (Wildman–Crippen LogP) is 4.42. The van der Waals surface area contributed by atoms with Gasteiger partial charge in [-0.2, -0.15) is 0 Å². The van der Waals surface area contributed by atoms with Crippen molar-refractivity contribution >= 4 is 39.1 Å². The van der Waals surface area contributed by atoms with Crippen LogP contribution in [-0.2, 0) is 26.2 Å². The summed E-state index contributed by atoms with van der Waals surface area (Å²) in [5.74, 6) is -1.24. The zero-order chi connectivity index (χ0) is 26.5. The number of rotatable bonds is 10. The molecule has 1 aliphatic rings. The summed E-state index contributed by atoms with van der Waals surface area (Å²) in [4.78, 5) is 28.3. The summed E-state index contributed by atoms with van der Waals surface area (Å²) >= 11 is 6.22. The van der Waals surface area contributed by atoms with Crippen LogP contribution in [-0.4, -0.2) is 50.0 Å². The van der Waals surface area contributed by atoms with Gasteiger partial charge in [0.25, 0.3) is 0 Å². The van der Waals surface area contributed by atoms with E-state index in [1.165, 1.54) is 23.1 Å². The fourth-order valence-electron chi connectivity index (χ4n) is 4.42. The maximum atomic E-state index is 13.7. The van der Waals surface area contributed by atoms with Crippen molar-refractivity contribution < 1.29 is 22.4 Å². The Labute approximate surface area is 217 Å². The predicted molar refractivity (Wildman–Crippen MR) is 140 cm³/mol. The first kappa shape index (κ1) is 27.9. The van der Waals surface area contributed by atoms with Gasteiger partial charge in [-0.05, 0) is 61.6 Å². The topological polar surface area (TPSA) is 86.8 Å². The molecule has 1 N–H and O–H groups in total. The molecule has 2 aromatic carbocycles. The molecule has 1 saturated carbocycles. The first-order valence-electron chi connectivity index (χ1n) is 12.1. The average molecular weight is 538 g/mol. The Hall–Kier alpha value is -2.65. The molecular weight excluding hydrogens is 505 g/mol. The Balaban J connectivity index is 1.92. The molecule has 2 aromatic rings. The number of hydrogen-bond acceptors (Lipinski definition) is 4. The zero-order valence-corrected chi connectivity index (χ0v) is 22.4. The number of aryl methyl sites for hydroxylation is 1. The van der Waals surface area contributed by atoms with Crippen molar-refractivity contribution in [3.05, 3.63) is 64.4 Å². The van der Waals surface area contributed by atoms with E-state index in [4.69, 9.17) is 11.6 Å². The molecule has 7 nitrogen and oxygen atoms in total. The molecule has 0 aromatic heterocycles. The van der Waals surface area contributed by atoms with Crippen LogP contribution in [0.4, 0.5) is 10.1 Å². The second-order valence-corrected chi connectivity index (χ2v) is 11.6. The van der Waals surface area contributed by atoms with E-state index >= 15 is 0 Å². The normalized spacial score (nSPS) is 14.9. The summed E-state index contributed by atoms with van der Waals surface area (Å²) in [7, 11) is -3.85. The number of halogens is 2. The van der Waals surface area contributed by atoms with Gasteiger partial charge < -0.3 is 10.2 Å². The molecule has 196 valence electrons. The second kappa shape index (κ2) is 12.1. The second-order valence-electron chi connectivity index (χ2n) is 9.27. The molecule has 0 spiro atoms. The first-order valence-corrected chi connectivity index (χ1v) is 14.3. The molecule has 0 unspecified atom stereocenters. The lowest BCUT2D eigenvalue weighted by atomic mass is 10.1. The van der Waals surface area contributed by atoms with Gasteiger partial charge in [0.2, 0.25) is 21.8 Å². The molecule has 0 aliphatic heterocycles. The minimum absolute atomic E-state index is 0.0297. The summed E-state index contributed by atoms with van der Waals surface area (Å²) in [6.45, 7) is 3.12. The Kier molecular flexibility index (Phi) is 9.35. The molecule has 2 amide bonds. The minimum Gasteiger partial charge on any atom is -0.352 e. The van der Waals surface area contributed by atoms with E-state index in [9.17, 15) is 22.4 Å². The lowest BCUT2D eigenvalue weighted by Gasteiger charge is -2.33. The highest BCUT2D eigenvalue weighted by atomic mass is 35.5. The molecule has 0 saturated heterocycles. The van der Waals surface area contributed by atoms with Crippen LogP contribution in [0.1, 0.15) is 50.2 Å². The van der Waals surface area contributed by atoms with E-state index < -0.39 is 34.3 Å². The van der Waals surface area contributed by atoms with Gasteiger partial charge in [0.05, 0.1) is 11.9 Å². The van der Waals surface area contributed by atoms with Crippen molar-refractivity contribution in [3.63, 3.8) is 0 Å². The summed E-state index contributed by atoms with van der Waals surface area (Å²) < 4.78 is 39.8. The monoisotopic (exact) mass is 537 g/mol. The number of benzene rings is 2. The van der Waals surface area contributed by atoms with E-state index in [0.29, 0.717) is 17.0 Å². The van der Waals surface area contributed by atoms with Crippen LogP contribution in [0.25, 0.3) is 0 Å². The van der Waals surface area contributed by atoms with E-state index in [0.717, 1.165) is 41.8 Å². The van der Waals surface area contributed by atoms with Gasteiger partial charge in [-0.3, -0.25) is 13.9 Å². The Bertz CT molecular complexity index is 1180. The highest BCUT2D eigenvalue weighted by Crippen LogP contribution is 2.26. The fraction of sp³-hybridized carbons (Fsp3) is 0.462. The van der Waals surface area contributed by atoms with Crippen molar-refractivity contribution in [3.8, 4) is 0 Å². The summed E-state index contributed by atoms with van der Waals surface area (Å²) in [5, 5.41) is 3.42. The molecule has 1 atom stereocenters. The van der Waals surface area contributed by atoms with Gasteiger partial charge in [-0.25, -0.2) is 12.8 Å². The lowest BCUT2D eigenvalue weighted by molar-refractivity contribution is -0.140. The fourth-order valence-corrected chi connectivity index (χ4v) is 5.44. The number of hydrogen-bond donors (Lipinski definition) is 1. The molecule has 10 heteroatoms. The summed E-state index contributed by atoms with van der Waals surface area (Å²) in [5.41, 5.74) is 1.65. The molecule has 1 fully saturated rings. The van der Waals surface area contributed by atoms with Crippen molar-refractivity contribution in [2.24, 2.45) is 0 Å². The van der Waals surface area contributed by atoms with E-state index in [1.807, 2.05) is 0 Å². The third-order valence-corrected chi connectivity index (χ3v) is 8.02. The van der Waals surface area contributed by atoms with Crippen LogP contribution < -0.4 is 9.62 Å². The van der Waals surface area contributed by atoms with Gasteiger partial charge >= 0.3 is 0 Å². The number of sulfonamides is 1. The lowest BCUT2D eigenvalue weighted by Crippen LogP contribution is -2.53.